The maximum atomic E-state index is 9.58. The highest BCUT2D eigenvalue weighted by Gasteiger charge is 2.09. The van der Waals surface area contributed by atoms with E-state index in [0.29, 0.717) is 11.7 Å². The summed E-state index contributed by atoms with van der Waals surface area (Å²) in [5.41, 5.74) is 0.831. The van der Waals surface area contributed by atoms with E-state index in [-0.39, 0.29) is 0 Å². The van der Waals surface area contributed by atoms with Crippen molar-refractivity contribution in [3.8, 4) is 11.5 Å². The Labute approximate surface area is 105 Å². The minimum atomic E-state index is 0.309. The zero-order valence-corrected chi connectivity index (χ0v) is 11.2. The third kappa shape index (κ3) is 4.29. The van der Waals surface area contributed by atoms with Gasteiger partial charge in [0.1, 0.15) is 11.5 Å². The molecule has 1 aromatic rings. The van der Waals surface area contributed by atoms with Crippen LogP contribution in [0.1, 0.15) is 45.1 Å². The molecule has 0 saturated heterocycles. The van der Waals surface area contributed by atoms with E-state index in [2.05, 4.69) is 13.8 Å². The molecule has 17 heavy (non-hydrogen) atoms. The number of ether oxygens (including phenoxy) is 1. The van der Waals surface area contributed by atoms with Gasteiger partial charge >= 0.3 is 0 Å². The van der Waals surface area contributed by atoms with Crippen LogP contribution in [0.3, 0.4) is 0 Å². The van der Waals surface area contributed by atoms with Crippen LogP contribution in [0.2, 0.25) is 0 Å². The van der Waals surface area contributed by atoms with Gasteiger partial charge in [-0.2, -0.15) is 0 Å². The first-order valence-electron chi connectivity index (χ1n) is 6.60. The van der Waals surface area contributed by atoms with Crippen LogP contribution in [0.5, 0.6) is 11.5 Å². The molecule has 1 N–H and O–H groups in total. The summed E-state index contributed by atoms with van der Waals surface area (Å²) in [4.78, 5) is 0. The smallest absolute Gasteiger partial charge is 0.125 e. The molecule has 0 radical (unpaired) electrons. The Hall–Kier alpha value is -1.18. The van der Waals surface area contributed by atoms with Crippen LogP contribution in [-0.2, 0) is 0 Å². The van der Waals surface area contributed by atoms with E-state index in [0.717, 1.165) is 24.3 Å². The summed E-state index contributed by atoms with van der Waals surface area (Å²) in [6.07, 6.45) is 4.88. The summed E-state index contributed by atoms with van der Waals surface area (Å²) in [5, 5.41) is 9.58. The number of benzene rings is 1. The van der Waals surface area contributed by atoms with Gasteiger partial charge in [-0.15, -0.1) is 0 Å². The van der Waals surface area contributed by atoms with Crippen LogP contribution in [0.4, 0.5) is 0 Å². The molecule has 0 saturated carbocycles. The number of aromatic hydroxyl groups is 1. The minimum Gasteiger partial charge on any atom is -0.508 e. The molecule has 0 spiro atoms. The molecule has 96 valence electrons. The average Bonchev–Trinajstić information content (AvgIpc) is 2.34. The second kappa shape index (κ2) is 7.21. The zero-order valence-electron chi connectivity index (χ0n) is 11.2. The van der Waals surface area contributed by atoms with Crippen molar-refractivity contribution in [2.24, 2.45) is 5.92 Å². The van der Waals surface area contributed by atoms with Crippen molar-refractivity contribution in [3.63, 3.8) is 0 Å². The van der Waals surface area contributed by atoms with Gasteiger partial charge in [0.05, 0.1) is 6.61 Å². The van der Waals surface area contributed by atoms with Crippen molar-refractivity contribution in [3.05, 3.63) is 23.8 Å². The summed E-state index contributed by atoms with van der Waals surface area (Å²) in [6, 6.07) is 5.43. The number of hydrogen-bond donors (Lipinski definition) is 1. The quantitative estimate of drug-likeness (QED) is 0.765. The van der Waals surface area contributed by atoms with Gasteiger partial charge in [0, 0.05) is 5.56 Å². The van der Waals surface area contributed by atoms with Gasteiger partial charge in [0.15, 0.2) is 0 Å². The summed E-state index contributed by atoms with van der Waals surface area (Å²) < 4.78 is 5.81. The Morgan fingerprint density at radius 3 is 2.71 bits per heavy atom. The molecule has 1 aromatic carbocycles. The first-order chi connectivity index (χ1) is 8.19. The van der Waals surface area contributed by atoms with Gasteiger partial charge in [-0.3, -0.25) is 0 Å². The van der Waals surface area contributed by atoms with Gasteiger partial charge in [-0.1, -0.05) is 39.2 Å². The fourth-order valence-electron chi connectivity index (χ4n) is 1.86. The first kappa shape index (κ1) is 13.9. The molecule has 2 heteroatoms. The highest BCUT2D eigenvalue weighted by molar-refractivity contribution is 5.42. The molecule has 0 bridgehead atoms. The third-order valence-electron chi connectivity index (χ3n) is 3.27. The summed E-state index contributed by atoms with van der Waals surface area (Å²) in [6.45, 7) is 7.06. The predicted molar refractivity (Wildman–Crippen MR) is 71.6 cm³/mol. The Bertz CT molecular complexity index is 334. The number of hydrogen-bond acceptors (Lipinski definition) is 2. The largest absolute Gasteiger partial charge is 0.508 e. The highest BCUT2D eigenvalue weighted by Crippen LogP contribution is 2.27. The number of phenols is 1. The van der Waals surface area contributed by atoms with E-state index in [1.54, 1.807) is 6.07 Å². The van der Waals surface area contributed by atoms with Crippen LogP contribution in [0.15, 0.2) is 18.2 Å². The van der Waals surface area contributed by atoms with E-state index < -0.39 is 0 Å². The molecule has 0 aliphatic carbocycles. The molecule has 0 aliphatic heterocycles. The minimum absolute atomic E-state index is 0.309. The Kier molecular flexibility index (Phi) is 5.88. The molecular formula is C15H24O2. The predicted octanol–water partition coefficient (Wildman–Crippen LogP) is 4.30. The molecule has 1 atom stereocenters. The number of rotatable bonds is 7. The van der Waals surface area contributed by atoms with Crippen LogP contribution < -0.4 is 4.74 Å². The maximum absolute atomic E-state index is 9.58. The van der Waals surface area contributed by atoms with E-state index in [4.69, 9.17) is 4.74 Å². The van der Waals surface area contributed by atoms with Gasteiger partial charge in [-0.05, 0) is 31.4 Å². The molecular weight excluding hydrogens is 212 g/mol. The second-order valence-electron chi connectivity index (χ2n) is 4.63. The van der Waals surface area contributed by atoms with E-state index >= 15 is 0 Å². The van der Waals surface area contributed by atoms with Crippen molar-refractivity contribution in [2.75, 3.05) is 6.61 Å². The average molecular weight is 236 g/mol. The van der Waals surface area contributed by atoms with Crippen molar-refractivity contribution >= 4 is 0 Å². The molecule has 0 fully saturated rings. The summed E-state index contributed by atoms with van der Waals surface area (Å²) in [5.74, 6) is 1.74. The lowest BCUT2D eigenvalue weighted by Crippen LogP contribution is -2.11. The second-order valence-corrected chi connectivity index (χ2v) is 4.63. The molecule has 0 heterocycles. The van der Waals surface area contributed by atoms with E-state index in [1.807, 2.05) is 19.1 Å². The van der Waals surface area contributed by atoms with Crippen LogP contribution in [0.25, 0.3) is 0 Å². The number of phenolic OH excluding ortho intramolecular Hbond substituents is 1. The van der Waals surface area contributed by atoms with E-state index in [9.17, 15) is 5.11 Å². The molecule has 2 nitrogen and oxygen atoms in total. The van der Waals surface area contributed by atoms with Gasteiger partial charge in [-0.25, -0.2) is 0 Å². The van der Waals surface area contributed by atoms with E-state index in [1.165, 1.54) is 19.3 Å². The molecule has 0 aromatic heterocycles. The first-order valence-corrected chi connectivity index (χ1v) is 6.60. The van der Waals surface area contributed by atoms with Crippen molar-refractivity contribution in [2.45, 2.75) is 46.5 Å². The lowest BCUT2D eigenvalue weighted by atomic mass is 10.0. The summed E-state index contributed by atoms with van der Waals surface area (Å²) >= 11 is 0. The molecule has 0 aliphatic rings. The topological polar surface area (TPSA) is 29.5 Å². The van der Waals surface area contributed by atoms with Crippen LogP contribution in [0, 0.1) is 12.8 Å². The highest BCUT2D eigenvalue weighted by atomic mass is 16.5. The third-order valence-corrected chi connectivity index (χ3v) is 3.27. The van der Waals surface area contributed by atoms with Gasteiger partial charge in [0.25, 0.3) is 0 Å². The Morgan fingerprint density at radius 2 is 2.06 bits per heavy atom. The molecule has 1 unspecified atom stereocenters. The van der Waals surface area contributed by atoms with Crippen molar-refractivity contribution < 1.29 is 9.84 Å². The maximum Gasteiger partial charge on any atom is 0.125 e. The molecule has 1 rings (SSSR count). The van der Waals surface area contributed by atoms with Crippen LogP contribution in [-0.4, -0.2) is 11.7 Å². The lowest BCUT2D eigenvalue weighted by molar-refractivity contribution is 0.231. The lowest BCUT2D eigenvalue weighted by Gasteiger charge is -2.17. The van der Waals surface area contributed by atoms with Crippen LogP contribution >= 0.6 is 0 Å². The van der Waals surface area contributed by atoms with Crippen molar-refractivity contribution in [1.29, 1.82) is 0 Å². The van der Waals surface area contributed by atoms with Gasteiger partial charge in [0.2, 0.25) is 0 Å². The normalized spacial score (nSPS) is 12.4. The Morgan fingerprint density at radius 1 is 1.29 bits per heavy atom. The fourth-order valence-corrected chi connectivity index (χ4v) is 1.86. The summed E-state index contributed by atoms with van der Waals surface area (Å²) in [7, 11) is 0. The Balaban J connectivity index is 2.50. The monoisotopic (exact) mass is 236 g/mol. The van der Waals surface area contributed by atoms with Crippen molar-refractivity contribution in [1.82, 2.24) is 0 Å². The SMILES string of the molecule is CCCCC(CC)COc1cccc(O)c1C. The molecule has 0 amide bonds. The fraction of sp³-hybridized carbons (Fsp3) is 0.600. The zero-order chi connectivity index (χ0) is 12.7. The number of unbranched alkanes of at least 4 members (excludes halogenated alkanes) is 1. The van der Waals surface area contributed by atoms with Gasteiger partial charge < -0.3 is 9.84 Å². The standard InChI is InChI=1S/C15H24O2/c1-4-6-8-13(5-2)11-17-15-10-7-9-14(16)12(15)3/h7,9-10,13,16H,4-6,8,11H2,1-3H3.